The average Bonchev–Trinajstić information content (AvgIpc) is 2.69. The van der Waals surface area contributed by atoms with E-state index in [-0.39, 0.29) is 11.5 Å². The number of rotatable bonds is 4. The number of likely N-dealkylation sites (N-methyl/N-ethyl adjacent to an activating group) is 1. The van der Waals surface area contributed by atoms with Gasteiger partial charge in [-0.25, -0.2) is 4.39 Å². The van der Waals surface area contributed by atoms with Gasteiger partial charge in [0.05, 0.1) is 31.2 Å². The third kappa shape index (κ3) is 3.09. The van der Waals surface area contributed by atoms with Gasteiger partial charge in [-0.2, -0.15) is 0 Å². The zero-order valence-corrected chi connectivity index (χ0v) is 15.7. The van der Waals surface area contributed by atoms with E-state index in [0.717, 1.165) is 0 Å². The quantitative estimate of drug-likeness (QED) is 0.827. The largest absolute Gasteiger partial charge is 0.497 e. The first-order valence-corrected chi connectivity index (χ1v) is 8.55. The molecule has 2 amide bonds. The number of anilines is 2. The highest BCUT2D eigenvalue weighted by molar-refractivity contribution is 6.18. The van der Waals surface area contributed by atoms with E-state index in [4.69, 9.17) is 9.47 Å². The average molecular weight is 372 g/mol. The molecular weight excluding hydrogens is 351 g/mol. The second-order valence-corrected chi connectivity index (χ2v) is 6.20. The molecule has 0 bridgehead atoms. The number of nitrogens with zero attached hydrogens (tertiary/aromatic N) is 2. The molecule has 7 heteroatoms. The summed E-state index contributed by atoms with van der Waals surface area (Å²) in [7, 11) is 4.59. The molecule has 0 radical (unpaired) electrons. The summed E-state index contributed by atoms with van der Waals surface area (Å²) in [5, 5.41) is 0. The number of fused-ring (bicyclic) bond motifs is 1. The Morgan fingerprint density at radius 1 is 1.11 bits per heavy atom. The van der Waals surface area contributed by atoms with E-state index >= 15 is 0 Å². The van der Waals surface area contributed by atoms with Crippen molar-refractivity contribution in [1.29, 1.82) is 0 Å². The summed E-state index contributed by atoms with van der Waals surface area (Å²) in [6.07, 6.45) is 0.392. The Morgan fingerprint density at radius 2 is 1.85 bits per heavy atom. The number of amides is 2. The lowest BCUT2D eigenvalue weighted by Gasteiger charge is -2.40. The van der Waals surface area contributed by atoms with E-state index in [9.17, 15) is 14.0 Å². The molecule has 0 spiro atoms. The lowest BCUT2D eigenvalue weighted by Crippen LogP contribution is -2.54. The van der Waals surface area contributed by atoms with Gasteiger partial charge in [0.1, 0.15) is 23.4 Å². The lowest BCUT2D eigenvalue weighted by atomic mass is 10.0. The maximum atomic E-state index is 14.0. The van der Waals surface area contributed by atoms with Crippen LogP contribution in [0.3, 0.4) is 0 Å². The molecule has 0 aliphatic carbocycles. The van der Waals surface area contributed by atoms with Gasteiger partial charge >= 0.3 is 0 Å². The smallest absolute Gasteiger partial charge is 0.262 e. The molecule has 27 heavy (non-hydrogen) atoms. The Balaban J connectivity index is 2.16. The lowest BCUT2D eigenvalue weighted by molar-refractivity contribution is -0.119. The molecule has 1 heterocycles. The van der Waals surface area contributed by atoms with E-state index in [0.29, 0.717) is 29.3 Å². The molecule has 1 atom stereocenters. The summed E-state index contributed by atoms with van der Waals surface area (Å²) in [6, 6.07) is 8.12. The Hall–Kier alpha value is -3.09. The van der Waals surface area contributed by atoms with Gasteiger partial charge in [-0.3, -0.25) is 14.5 Å². The molecule has 0 N–H and O–H groups in total. The fourth-order valence-corrected chi connectivity index (χ4v) is 3.31. The second kappa shape index (κ2) is 7.26. The number of ether oxygens (including phenoxy) is 2. The summed E-state index contributed by atoms with van der Waals surface area (Å²) in [5.74, 6) is -0.284. The van der Waals surface area contributed by atoms with E-state index in [2.05, 4.69) is 0 Å². The van der Waals surface area contributed by atoms with Crippen LogP contribution in [0.1, 0.15) is 23.7 Å². The summed E-state index contributed by atoms with van der Waals surface area (Å²) < 4.78 is 24.4. The highest BCUT2D eigenvalue weighted by Gasteiger charge is 2.40. The van der Waals surface area contributed by atoms with Gasteiger partial charge < -0.3 is 14.4 Å². The van der Waals surface area contributed by atoms with Gasteiger partial charge in [-0.1, -0.05) is 6.92 Å². The number of methoxy groups -OCH3 is 2. The standard InChI is InChI=1S/C20H21FN2O4/c1-5-15-20(25)22(2)16-9-6-12(21)10-17(16)23(15)19(24)14-8-7-13(26-3)11-18(14)27-4/h6-11,15H,5H2,1-4H3/t15-/m1/s1. The van der Waals surface area contributed by atoms with Gasteiger partial charge in [0, 0.05) is 13.1 Å². The number of halogens is 1. The van der Waals surface area contributed by atoms with Crippen LogP contribution in [-0.4, -0.2) is 39.1 Å². The van der Waals surface area contributed by atoms with Crippen LogP contribution in [0.4, 0.5) is 15.8 Å². The van der Waals surface area contributed by atoms with Crippen molar-refractivity contribution in [3.8, 4) is 11.5 Å². The van der Waals surface area contributed by atoms with Crippen LogP contribution in [0.25, 0.3) is 0 Å². The van der Waals surface area contributed by atoms with Crippen molar-refractivity contribution in [1.82, 2.24) is 0 Å². The molecule has 3 rings (SSSR count). The molecule has 0 unspecified atom stereocenters. The second-order valence-electron chi connectivity index (χ2n) is 6.20. The first-order chi connectivity index (χ1) is 12.9. The van der Waals surface area contributed by atoms with Gasteiger partial charge in [0.15, 0.2) is 0 Å². The molecule has 1 aliphatic rings. The number of carbonyl (C=O) groups excluding carboxylic acids is 2. The molecule has 2 aromatic carbocycles. The molecule has 2 aromatic rings. The Labute approximate surface area is 157 Å². The molecule has 6 nitrogen and oxygen atoms in total. The molecule has 0 fully saturated rings. The van der Waals surface area contributed by atoms with E-state index in [1.165, 1.54) is 42.2 Å². The number of hydrogen-bond donors (Lipinski definition) is 0. The van der Waals surface area contributed by atoms with Crippen molar-refractivity contribution in [2.45, 2.75) is 19.4 Å². The van der Waals surface area contributed by atoms with Crippen molar-refractivity contribution in [3.05, 3.63) is 47.8 Å². The van der Waals surface area contributed by atoms with Gasteiger partial charge in [0.25, 0.3) is 5.91 Å². The van der Waals surface area contributed by atoms with Gasteiger partial charge in [-0.15, -0.1) is 0 Å². The van der Waals surface area contributed by atoms with Crippen molar-refractivity contribution in [3.63, 3.8) is 0 Å². The summed E-state index contributed by atoms with van der Waals surface area (Å²) in [5.41, 5.74) is 1.10. The van der Waals surface area contributed by atoms with Crippen LogP contribution < -0.4 is 19.3 Å². The first kappa shape index (κ1) is 18.7. The third-order valence-corrected chi connectivity index (χ3v) is 4.73. The van der Waals surface area contributed by atoms with Crippen LogP contribution in [0.15, 0.2) is 36.4 Å². The van der Waals surface area contributed by atoms with Crippen molar-refractivity contribution >= 4 is 23.2 Å². The number of carbonyl (C=O) groups is 2. The minimum absolute atomic E-state index is 0.225. The number of hydrogen-bond acceptors (Lipinski definition) is 4. The molecule has 0 aromatic heterocycles. The first-order valence-electron chi connectivity index (χ1n) is 8.55. The maximum Gasteiger partial charge on any atom is 0.262 e. The third-order valence-electron chi connectivity index (χ3n) is 4.73. The molecule has 1 aliphatic heterocycles. The van der Waals surface area contributed by atoms with Crippen LogP contribution in [-0.2, 0) is 4.79 Å². The summed E-state index contributed by atoms with van der Waals surface area (Å²) in [6.45, 7) is 1.81. The topological polar surface area (TPSA) is 59.1 Å². The van der Waals surface area contributed by atoms with Gasteiger partial charge in [0.2, 0.25) is 5.91 Å². The Bertz CT molecular complexity index is 900. The fraction of sp³-hybridized carbons (Fsp3) is 0.300. The minimum Gasteiger partial charge on any atom is -0.497 e. The molecule has 142 valence electrons. The van der Waals surface area contributed by atoms with Crippen molar-refractivity contribution < 1.29 is 23.5 Å². The zero-order chi connectivity index (χ0) is 19.7. The number of benzene rings is 2. The monoisotopic (exact) mass is 372 g/mol. The van der Waals surface area contributed by atoms with E-state index < -0.39 is 17.8 Å². The highest BCUT2D eigenvalue weighted by atomic mass is 19.1. The van der Waals surface area contributed by atoms with Crippen LogP contribution in [0, 0.1) is 5.82 Å². The summed E-state index contributed by atoms with van der Waals surface area (Å²) >= 11 is 0. The zero-order valence-electron chi connectivity index (χ0n) is 15.7. The molecule has 0 saturated carbocycles. The fourth-order valence-electron chi connectivity index (χ4n) is 3.31. The summed E-state index contributed by atoms with van der Waals surface area (Å²) in [4.78, 5) is 29.0. The predicted octanol–water partition coefficient (Wildman–Crippen LogP) is 3.24. The predicted molar refractivity (Wildman–Crippen MR) is 100 cm³/mol. The van der Waals surface area contributed by atoms with Crippen LogP contribution in [0.5, 0.6) is 11.5 Å². The SMILES string of the molecule is CC[C@@H]1C(=O)N(C)c2ccc(F)cc2N1C(=O)c1ccc(OC)cc1OC. The van der Waals surface area contributed by atoms with E-state index in [1.54, 1.807) is 25.2 Å². The van der Waals surface area contributed by atoms with E-state index in [1.807, 2.05) is 6.92 Å². The molecular formula is C20H21FN2O4. The Morgan fingerprint density at radius 3 is 2.48 bits per heavy atom. The molecule has 0 saturated heterocycles. The highest BCUT2D eigenvalue weighted by Crippen LogP contribution is 2.39. The van der Waals surface area contributed by atoms with Crippen LogP contribution in [0.2, 0.25) is 0 Å². The maximum absolute atomic E-state index is 14.0. The van der Waals surface area contributed by atoms with Crippen molar-refractivity contribution in [2.24, 2.45) is 0 Å². The Kier molecular flexibility index (Phi) is 5.03. The minimum atomic E-state index is -0.733. The normalized spacial score (nSPS) is 16.2. The van der Waals surface area contributed by atoms with Crippen LogP contribution >= 0.6 is 0 Å². The van der Waals surface area contributed by atoms with Gasteiger partial charge in [-0.05, 0) is 36.8 Å². The van der Waals surface area contributed by atoms with Crippen molar-refractivity contribution in [2.75, 3.05) is 31.1 Å².